The number of anilines is 1. The number of imide groups is 2. The number of hydrogen-bond donors (Lipinski definition) is 0. The van der Waals surface area contributed by atoms with Gasteiger partial charge >= 0.3 is 0 Å². The molecule has 3 aromatic carbocycles. The number of nitro groups is 1. The predicted octanol–water partition coefficient (Wildman–Crippen LogP) is 4.59. The molecule has 3 aromatic rings. The zero-order valence-corrected chi connectivity index (χ0v) is 24.2. The number of carbonyl (C=O) groups is 4. The molecule has 6 atom stereocenters. The number of carbonyl (C=O) groups excluding carboxylic acids is 4. The van der Waals surface area contributed by atoms with Gasteiger partial charge in [-0.05, 0) is 52.6 Å². The molecule has 2 aliphatic heterocycles. The minimum Gasteiger partial charge on any atom is -0.274 e. The Morgan fingerprint density at radius 3 is 2.02 bits per heavy atom. The van der Waals surface area contributed by atoms with E-state index in [0.717, 1.165) is 44.6 Å². The number of nitrogens with zero attached hydrogens (tertiary/aromatic N) is 4. The first-order valence-corrected chi connectivity index (χ1v) is 15.2. The van der Waals surface area contributed by atoms with Gasteiger partial charge in [-0.15, -0.1) is 0 Å². The van der Waals surface area contributed by atoms with E-state index in [0.29, 0.717) is 0 Å². The molecular formula is C34H23ClN4O6. The molecule has 2 heterocycles. The largest absolute Gasteiger partial charge is 0.294 e. The van der Waals surface area contributed by atoms with Crippen molar-refractivity contribution in [3.63, 3.8) is 0 Å². The summed E-state index contributed by atoms with van der Waals surface area (Å²) in [5, 5.41) is 17.7. The van der Waals surface area contributed by atoms with Gasteiger partial charge < -0.3 is 0 Å². The molecule has 0 unspecified atom stereocenters. The van der Waals surface area contributed by atoms with Crippen molar-refractivity contribution in [1.82, 2.24) is 5.01 Å². The number of hydrogen-bond acceptors (Lipinski definition) is 7. The molecule has 4 bridgehead atoms. The predicted molar refractivity (Wildman–Crippen MR) is 161 cm³/mol. The molecule has 2 saturated heterocycles. The minimum atomic E-state index is -1.34. The molecule has 45 heavy (non-hydrogen) atoms. The summed E-state index contributed by atoms with van der Waals surface area (Å²) in [7, 11) is 0. The van der Waals surface area contributed by atoms with Crippen molar-refractivity contribution in [2.24, 2.45) is 40.6 Å². The van der Waals surface area contributed by atoms with Crippen molar-refractivity contribution >= 4 is 52.8 Å². The molecule has 0 radical (unpaired) electrons. The Balaban J connectivity index is 1.25. The molecule has 0 aromatic heterocycles. The smallest absolute Gasteiger partial charge is 0.274 e. The summed E-state index contributed by atoms with van der Waals surface area (Å²) in [6.07, 6.45) is 6.31. The van der Waals surface area contributed by atoms with Gasteiger partial charge in [-0.25, -0.2) is 4.90 Å². The number of allylic oxidation sites excluding steroid dienone is 2. The normalized spacial score (nSPS) is 33.3. The topological polar surface area (TPSA) is 130 Å². The van der Waals surface area contributed by atoms with E-state index in [9.17, 15) is 29.3 Å². The van der Waals surface area contributed by atoms with Gasteiger partial charge in [-0.3, -0.25) is 29.3 Å². The van der Waals surface area contributed by atoms with Crippen LogP contribution < -0.4 is 4.90 Å². The average molecular weight is 619 g/mol. The van der Waals surface area contributed by atoms with Gasteiger partial charge in [0.2, 0.25) is 11.8 Å². The lowest BCUT2D eigenvalue weighted by molar-refractivity contribution is -0.384. The van der Waals surface area contributed by atoms with Crippen LogP contribution in [0.4, 0.5) is 11.4 Å². The number of nitro benzene ring substituents is 1. The first kappa shape index (κ1) is 26.4. The molecule has 10 nitrogen and oxygen atoms in total. The summed E-state index contributed by atoms with van der Waals surface area (Å²) in [5.41, 5.74) is 1.18. The monoisotopic (exact) mass is 618 g/mol. The van der Waals surface area contributed by atoms with Crippen molar-refractivity contribution in [3.8, 4) is 0 Å². The molecule has 3 fully saturated rings. The highest BCUT2D eigenvalue weighted by Gasteiger charge is 2.69. The maximum Gasteiger partial charge on any atom is 0.294 e. The van der Waals surface area contributed by atoms with Gasteiger partial charge in [0.15, 0.2) is 0 Å². The van der Waals surface area contributed by atoms with Crippen molar-refractivity contribution in [3.05, 3.63) is 116 Å². The van der Waals surface area contributed by atoms with Crippen molar-refractivity contribution < 1.29 is 24.1 Å². The van der Waals surface area contributed by atoms with Crippen LogP contribution in [0, 0.1) is 45.6 Å². The van der Waals surface area contributed by atoms with Crippen LogP contribution in [0.3, 0.4) is 0 Å². The summed E-state index contributed by atoms with van der Waals surface area (Å²) in [5.74, 6) is -5.24. The summed E-state index contributed by atoms with van der Waals surface area (Å²) < 4.78 is 0. The quantitative estimate of drug-likeness (QED) is 0.138. The molecule has 0 spiro atoms. The molecule has 0 N–H and O–H groups in total. The average Bonchev–Trinajstić information content (AvgIpc) is 3.79. The van der Waals surface area contributed by atoms with Crippen LogP contribution in [0.2, 0.25) is 5.02 Å². The molecule has 5 aliphatic carbocycles. The second-order valence-corrected chi connectivity index (χ2v) is 13.1. The van der Waals surface area contributed by atoms with Crippen molar-refractivity contribution in [2.45, 2.75) is 17.8 Å². The zero-order chi connectivity index (χ0) is 30.9. The fourth-order valence-electron chi connectivity index (χ4n) is 9.27. The summed E-state index contributed by atoms with van der Waals surface area (Å²) in [6, 6.07) is 18.9. The Morgan fingerprint density at radius 1 is 0.822 bits per heavy atom. The SMILES string of the molecule is O=C1[C@@H]2[C@H](C(=O)N1/N=C\C13c4ccccc4C(c4ccccc41)[C@H]1C(=O)N(c4ccc(Cl)cc4[N+](=O)[O-])C(=O)[C@H]13)[C@H]1C=C[C@H]2C1. The fourth-order valence-corrected chi connectivity index (χ4v) is 9.43. The molecule has 10 rings (SSSR count). The Labute approximate surface area is 261 Å². The Hall–Kier alpha value is -4.96. The maximum atomic E-state index is 14.6. The molecule has 222 valence electrons. The van der Waals surface area contributed by atoms with E-state index < -0.39 is 57.4 Å². The fraction of sp³-hybridized carbons (Fsp3) is 0.265. The summed E-state index contributed by atoms with van der Waals surface area (Å²) >= 11 is 6.07. The van der Waals surface area contributed by atoms with Crippen LogP contribution >= 0.6 is 11.6 Å². The zero-order valence-electron chi connectivity index (χ0n) is 23.4. The van der Waals surface area contributed by atoms with E-state index in [1.165, 1.54) is 18.3 Å². The van der Waals surface area contributed by atoms with Gasteiger partial charge in [0.1, 0.15) is 5.69 Å². The third-order valence-corrected chi connectivity index (χ3v) is 11.1. The summed E-state index contributed by atoms with van der Waals surface area (Å²) in [4.78, 5) is 68.6. The number of halogens is 1. The Morgan fingerprint density at radius 2 is 1.42 bits per heavy atom. The second kappa shape index (κ2) is 8.82. The minimum absolute atomic E-state index is 0.00326. The number of rotatable bonds is 4. The Bertz CT molecular complexity index is 1930. The maximum absolute atomic E-state index is 14.6. The van der Waals surface area contributed by atoms with Crippen molar-refractivity contribution in [1.29, 1.82) is 0 Å². The van der Waals surface area contributed by atoms with Gasteiger partial charge in [-0.2, -0.15) is 10.1 Å². The third-order valence-electron chi connectivity index (χ3n) is 10.9. The summed E-state index contributed by atoms with van der Waals surface area (Å²) in [6.45, 7) is 0. The molecule has 1 saturated carbocycles. The lowest BCUT2D eigenvalue weighted by Crippen LogP contribution is -2.55. The molecular weight excluding hydrogens is 596 g/mol. The van der Waals surface area contributed by atoms with Gasteiger partial charge in [0.05, 0.1) is 34.0 Å². The second-order valence-electron chi connectivity index (χ2n) is 12.7. The standard InChI is InChI=1S/C34H23ClN4O6/c35-18-11-12-23(24(14-18)39(44)45)37-30(40)28-27-19-5-1-3-7-21(19)34(29(28)33(37)43,22-8-4-2-6-20(22)27)15-36-38-31(41)25-16-9-10-17(13-16)26(25)32(38)42/h1-12,14-17,25-29H,13H2/b36-15-/t16-,17-,25-,26+,27?,28+,29-,34?/m0/s1. The van der Waals surface area contributed by atoms with Crippen molar-refractivity contribution in [2.75, 3.05) is 4.90 Å². The molecule has 7 aliphatic rings. The molecule has 11 heteroatoms. The number of benzene rings is 3. The Kier molecular flexibility index (Phi) is 5.18. The van der Waals surface area contributed by atoms with Crippen LogP contribution in [0.25, 0.3) is 0 Å². The van der Waals surface area contributed by atoms with E-state index in [4.69, 9.17) is 11.6 Å². The highest BCUT2D eigenvalue weighted by Crippen LogP contribution is 2.64. The lowest BCUT2D eigenvalue weighted by atomic mass is 9.47. The first-order chi connectivity index (χ1) is 21.7. The van der Waals surface area contributed by atoms with Crippen LogP contribution in [-0.2, 0) is 24.6 Å². The first-order valence-electron chi connectivity index (χ1n) is 14.9. The van der Waals surface area contributed by atoms with Crippen LogP contribution in [0.15, 0.2) is 84.0 Å². The van der Waals surface area contributed by atoms with E-state index in [1.54, 1.807) is 0 Å². The van der Waals surface area contributed by atoms with Gasteiger partial charge in [-0.1, -0.05) is 72.3 Å². The van der Waals surface area contributed by atoms with E-state index in [2.05, 4.69) is 5.10 Å². The highest BCUT2D eigenvalue weighted by atomic mass is 35.5. The molecule has 4 amide bonds. The van der Waals surface area contributed by atoms with Crippen LogP contribution in [0.1, 0.15) is 34.6 Å². The van der Waals surface area contributed by atoms with Gasteiger partial charge in [0, 0.05) is 23.2 Å². The lowest BCUT2D eigenvalue weighted by Gasteiger charge is -2.52. The van der Waals surface area contributed by atoms with E-state index >= 15 is 0 Å². The van der Waals surface area contributed by atoms with Gasteiger partial charge in [0.25, 0.3) is 17.5 Å². The van der Waals surface area contributed by atoms with E-state index in [-0.39, 0.29) is 34.4 Å². The number of amides is 4. The van der Waals surface area contributed by atoms with E-state index in [1.807, 2.05) is 60.7 Å². The number of fused-ring (bicyclic) bond motifs is 5. The third kappa shape index (κ3) is 3.12. The number of hydrazone groups is 1. The highest BCUT2D eigenvalue weighted by molar-refractivity contribution is 6.31. The van der Waals surface area contributed by atoms with Crippen LogP contribution in [0.5, 0.6) is 0 Å². The van der Waals surface area contributed by atoms with Crippen LogP contribution in [-0.4, -0.2) is 39.8 Å².